The van der Waals surface area contributed by atoms with Crippen LogP contribution in [0.15, 0.2) is 0 Å². The molecule has 0 aliphatic rings. The lowest BCUT2D eigenvalue weighted by Gasteiger charge is -2.16. The molecule has 0 aliphatic heterocycles. The molecule has 0 amide bonds. The summed E-state index contributed by atoms with van der Waals surface area (Å²) >= 11 is 0. The van der Waals surface area contributed by atoms with Crippen LogP contribution in [0.5, 0.6) is 0 Å². The fraction of sp³-hybridized carbons (Fsp3) is 1.00. The standard InChI is InChI=1S/C17H36O4S/c1-3-5-7-9-11-13-15-17(16-21-22(18,19)20)14-12-10-8-6-4-2/h17H,3-16H2,1-2H3,(H,18,19,20). The quantitative estimate of drug-likeness (QED) is 0.297. The molecule has 0 saturated carbocycles. The van der Waals surface area contributed by atoms with Crippen LogP contribution in [0.1, 0.15) is 97.3 Å². The smallest absolute Gasteiger partial charge is 0.264 e. The van der Waals surface area contributed by atoms with Crippen molar-refractivity contribution in [1.29, 1.82) is 0 Å². The third-order valence-electron chi connectivity index (χ3n) is 4.13. The highest BCUT2D eigenvalue weighted by Gasteiger charge is 2.13. The Labute approximate surface area is 138 Å². The Morgan fingerprint density at radius 3 is 1.59 bits per heavy atom. The first-order chi connectivity index (χ1) is 10.5. The normalized spacial score (nSPS) is 13.4. The molecule has 0 bridgehead atoms. The minimum absolute atomic E-state index is 0.127. The minimum atomic E-state index is -4.30. The summed E-state index contributed by atoms with van der Waals surface area (Å²) in [4.78, 5) is 0. The fourth-order valence-corrected chi connectivity index (χ4v) is 3.11. The van der Waals surface area contributed by atoms with Crippen LogP contribution in [-0.4, -0.2) is 19.6 Å². The third kappa shape index (κ3) is 16.2. The molecular formula is C17H36O4S. The Morgan fingerprint density at radius 1 is 0.773 bits per heavy atom. The van der Waals surface area contributed by atoms with Crippen LogP contribution in [0.2, 0.25) is 0 Å². The summed E-state index contributed by atoms with van der Waals surface area (Å²) in [6, 6.07) is 0. The molecule has 5 heteroatoms. The van der Waals surface area contributed by atoms with Crippen LogP contribution in [0, 0.1) is 5.92 Å². The zero-order chi connectivity index (χ0) is 16.7. The Morgan fingerprint density at radius 2 is 1.18 bits per heavy atom. The Kier molecular flexibility index (Phi) is 14.4. The summed E-state index contributed by atoms with van der Waals surface area (Å²) in [5.74, 6) is 0.245. The van der Waals surface area contributed by atoms with Crippen molar-refractivity contribution in [1.82, 2.24) is 0 Å². The lowest BCUT2D eigenvalue weighted by Crippen LogP contribution is -2.14. The summed E-state index contributed by atoms with van der Waals surface area (Å²) in [7, 11) is -4.30. The average molecular weight is 337 g/mol. The van der Waals surface area contributed by atoms with E-state index in [1.54, 1.807) is 0 Å². The lowest BCUT2D eigenvalue weighted by molar-refractivity contribution is 0.204. The maximum Gasteiger partial charge on any atom is 0.397 e. The largest absolute Gasteiger partial charge is 0.397 e. The Bertz CT molecular complexity index is 328. The van der Waals surface area contributed by atoms with Gasteiger partial charge in [0.05, 0.1) is 6.61 Å². The molecule has 134 valence electrons. The van der Waals surface area contributed by atoms with Crippen molar-refractivity contribution in [3.63, 3.8) is 0 Å². The molecule has 1 N–H and O–H groups in total. The van der Waals surface area contributed by atoms with Crippen LogP contribution in [-0.2, 0) is 14.6 Å². The van der Waals surface area contributed by atoms with Gasteiger partial charge in [-0.15, -0.1) is 0 Å². The van der Waals surface area contributed by atoms with Crippen molar-refractivity contribution in [3.8, 4) is 0 Å². The van der Waals surface area contributed by atoms with Gasteiger partial charge in [0.2, 0.25) is 0 Å². The van der Waals surface area contributed by atoms with Gasteiger partial charge in [0.25, 0.3) is 0 Å². The predicted octanol–water partition coefficient (Wildman–Crippen LogP) is 5.53. The third-order valence-corrected chi connectivity index (χ3v) is 4.57. The van der Waals surface area contributed by atoms with E-state index in [9.17, 15) is 8.42 Å². The van der Waals surface area contributed by atoms with Gasteiger partial charge >= 0.3 is 10.4 Å². The fourth-order valence-electron chi connectivity index (χ4n) is 2.74. The SMILES string of the molecule is CCCCCCCCC(CCCCCCC)COS(=O)(=O)O. The first kappa shape index (κ1) is 21.9. The second-order valence-corrected chi connectivity index (χ2v) is 7.43. The van der Waals surface area contributed by atoms with E-state index in [2.05, 4.69) is 18.0 Å². The van der Waals surface area contributed by atoms with Crippen molar-refractivity contribution in [2.75, 3.05) is 6.61 Å². The monoisotopic (exact) mass is 336 g/mol. The molecule has 4 nitrogen and oxygen atoms in total. The van der Waals surface area contributed by atoms with Gasteiger partial charge in [-0.05, 0) is 18.8 Å². The van der Waals surface area contributed by atoms with Crippen LogP contribution < -0.4 is 0 Å². The first-order valence-electron chi connectivity index (χ1n) is 9.11. The van der Waals surface area contributed by atoms with E-state index in [1.807, 2.05) is 0 Å². The average Bonchev–Trinajstić information content (AvgIpc) is 2.46. The molecule has 0 fully saturated rings. The number of rotatable bonds is 16. The molecule has 1 atom stereocenters. The van der Waals surface area contributed by atoms with Gasteiger partial charge in [-0.2, -0.15) is 8.42 Å². The van der Waals surface area contributed by atoms with Gasteiger partial charge in [-0.1, -0.05) is 84.5 Å². The van der Waals surface area contributed by atoms with Crippen molar-refractivity contribution >= 4 is 10.4 Å². The molecule has 0 aromatic carbocycles. The maximum absolute atomic E-state index is 10.7. The second-order valence-electron chi connectivity index (χ2n) is 6.34. The van der Waals surface area contributed by atoms with Crippen LogP contribution in [0.4, 0.5) is 0 Å². The Balaban J connectivity index is 3.89. The van der Waals surface area contributed by atoms with Gasteiger partial charge in [0.1, 0.15) is 0 Å². The van der Waals surface area contributed by atoms with Crippen molar-refractivity contribution in [2.24, 2.45) is 5.92 Å². The molecule has 0 spiro atoms. The zero-order valence-electron chi connectivity index (χ0n) is 14.6. The van der Waals surface area contributed by atoms with E-state index < -0.39 is 10.4 Å². The van der Waals surface area contributed by atoms with Crippen LogP contribution >= 0.6 is 0 Å². The molecule has 0 aromatic heterocycles. The molecule has 0 aliphatic carbocycles. The predicted molar refractivity (Wildman–Crippen MR) is 92.4 cm³/mol. The lowest BCUT2D eigenvalue weighted by atomic mass is 9.95. The number of unbranched alkanes of at least 4 members (excludes halogenated alkanes) is 9. The van der Waals surface area contributed by atoms with Crippen LogP contribution in [0.3, 0.4) is 0 Å². The number of hydrogen-bond donors (Lipinski definition) is 1. The van der Waals surface area contributed by atoms with Crippen molar-refractivity contribution < 1.29 is 17.2 Å². The molecular weight excluding hydrogens is 300 g/mol. The van der Waals surface area contributed by atoms with E-state index in [0.717, 1.165) is 25.7 Å². The summed E-state index contributed by atoms with van der Waals surface area (Å²) in [6.07, 6.45) is 15.5. The van der Waals surface area contributed by atoms with E-state index in [1.165, 1.54) is 57.8 Å². The number of hydrogen-bond acceptors (Lipinski definition) is 3. The van der Waals surface area contributed by atoms with Gasteiger partial charge in [0.15, 0.2) is 0 Å². The molecule has 0 rings (SSSR count). The zero-order valence-corrected chi connectivity index (χ0v) is 15.4. The van der Waals surface area contributed by atoms with Gasteiger partial charge < -0.3 is 0 Å². The molecule has 0 radical (unpaired) electrons. The minimum Gasteiger partial charge on any atom is -0.264 e. The van der Waals surface area contributed by atoms with Crippen LogP contribution in [0.25, 0.3) is 0 Å². The van der Waals surface area contributed by atoms with E-state index >= 15 is 0 Å². The van der Waals surface area contributed by atoms with E-state index in [4.69, 9.17) is 4.55 Å². The highest BCUT2D eigenvalue weighted by atomic mass is 32.3. The summed E-state index contributed by atoms with van der Waals surface area (Å²) in [6.45, 7) is 4.53. The first-order valence-corrected chi connectivity index (χ1v) is 10.5. The summed E-state index contributed by atoms with van der Waals surface area (Å²) < 4.78 is 34.8. The Hall–Kier alpha value is -0.130. The van der Waals surface area contributed by atoms with Gasteiger partial charge in [-0.25, -0.2) is 4.18 Å². The maximum atomic E-state index is 10.7. The van der Waals surface area contributed by atoms with E-state index in [-0.39, 0.29) is 12.5 Å². The molecule has 22 heavy (non-hydrogen) atoms. The van der Waals surface area contributed by atoms with E-state index in [0.29, 0.717) is 0 Å². The molecule has 0 heterocycles. The van der Waals surface area contributed by atoms with Crippen molar-refractivity contribution in [3.05, 3.63) is 0 Å². The molecule has 1 unspecified atom stereocenters. The second kappa shape index (κ2) is 14.5. The van der Waals surface area contributed by atoms with Gasteiger partial charge in [0, 0.05) is 0 Å². The molecule has 0 aromatic rings. The molecule has 0 saturated heterocycles. The summed E-state index contributed by atoms with van der Waals surface area (Å²) in [5.41, 5.74) is 0. The van der Waals surface area contributed by atoms with Gasteiger partial charge in [-0.3, -0.25) is 4.55 Å². The summed E-state index contributed by atoms with van der Waals surface area (Å²) in [5, 5.41) is 0. The highest BCUT2D eigenvalue weighted by Crippen LogP contribution is 2.20. The highest BCUT2D eigenvalue weighted by molar-refractivity contribution is 7.80. The van der Waals surface area contributed by atoms with Crippen molar-refractivity contribution in [2.45, 2.75) is 97.3 Å². The topological polar surface area (TPSA) is 63.6 Å².